The van der Waals surface area contributed by atoms with Crippen molar-refractivity contribution in [1.29, 1.82) is 0 Å². The van der Waals surface area contributed by atoms with E-state index < -0.39 is 0 Å². The number of hydrogen-bond donors (Lipinski definition) is 1. The third-order valence-corrected chi connectivity index (χ3v) is 4.53. The minimum absolute atomic E-state index is 0.130. The number of benzene rings is 1. The quantitative estimate of drug-likeness (QED) is 0.561. The number of carbonyl (C=O) groups excluding carboxylic acids is 1. The summed E-state index contributed by atoms with van der Waals surface area (Å²) in [7, 11) is 0. The Bertz CT molecular complexity index is 1160. The van der Waals surface area contributed by atoms with Crippen LogP contribution in [0.1, 0.15) is 17.0 Å². The highest BCUT2D eigenvalue weighted by atomic mass is 16.5. The normalized spacial score (nSPS) is 10.9. The lowest BCUT2D eigenvalue weighted by molar-refractivity contribution is -0.116. The number of imidazole rings is 1. The SMILES string of the molecule is Cc1ccc(NC(=O)Cn2cc(-c3noc(-c4ccncc4)n3)nc2C)c(C)c1. The first-order valence-electron chi connectivity index (χ1n) is 9.15. The van der Waals surface area contributed by atoms with Crippen molar-refractivity contribution in [1.82, 2.24) is 24.7 Å². The van der Waals surface area contributed by atoms with Crippen molar-refractivity contribution in [2.75, 3.05) is 5.32 Å². The molecule has 29 heavy (non-hydrogen) atoms. The van der Waals surface area contributed by atoms with E-state index in [0.717, 1.165) is 22.4 Å². The minimum Gasteiger partial charge on any atom is -0.334 e. The molecule has 0 aliphatic carbocycles. The number of nitrogens with zero attached hydrogens (tertiary/aromatic N) is 5. The third kappa shape index (κ3) is 4.06. The van der Waals surface area contributed by atoms with Gasteiger partial charge in [-0.2, -0.15) is 4.98 Å². The number of pyridine rings is 1. The van der Waals surface area contributed by atoms with Gasteiger partial charge in [0.05, 0.1) is 0 Å². The summed E-state index contributed by atoms with van der Waals surface area (Å²) in [4.78, 5) is 25.3. The molecule has 1 amide bonds. The molecule has 4 aromatic rings. The molecule has 146 valence electrons. The standard InChI is InChI=1S/C21H20N6O2/c1-13-4-5-17(14(2)10-13)24-19(28)12-27-11-18(23-15(27)3)20-25-21(29-26-20)16-6-8-22-9-7-16/h4-11H,12H2,1-3H3,(H,24,28). The van der Waals surface area contributed by atoms with Gasteiger partial charge in [0.2, 0.25) is 11.7 Å². The zero-order valence-electron chi connectivity index (χ0n) is 16.4. The third-order valence-electron chi connectivity index (χ3n) is 4.53. The first kappa shape index (κ1) is 18.5. The second-order valence-corrected chi connectivity index (χ2v) is 6.83. The molecule has 0 aliphatic heterocycles. The zero-order valence-corrected chi connectivity index (χ0v) is 16.4. The topological polar surface area (TPSA) is 98.7 Å². The van der Waals surface area contributed by atoms with Crippen LogP contribution >= 0.6 is 0 Å². The second kappa shape index (κ2) is 7.67. The summed E-state index contributed by atoms with van der Waals surface area (Å²) in [5.41, 5.74) is 4.31. The van der Waals surface area contributed by atoms with E-state index in [4.69, 9.17) is 4.52 Å². The Hall–Kier alpha value is -3.81. The van der Waals surface area contributed by atoms with Crippen molar-refractivity contribution in [3.05, 3.63) is 65.9 Å². The fourth-order valence-corrected chi connectivity index (χ4v) is 3.01. The van der Waals surface area contributed by atoms with Crippen molar-refractivity contribution in [2.45, 2.75) is 27.3 Å². The number of aromatic nitrogens is 5. The average Bonchev–Trinajstić information content (AvgIpc) is 3.32. The Morgan fingerprint density at radius 1 is 1.10 bits per heavy atom. The zero-order chi connectivity index (χ0) is 20.4. The van der Waals surface area contributed by atoms with Gasteiger partial charge in [0.25, 0.3) is 5.89 Å². The molecule has 0 saturated carbocycles. The van der Waals surface area contributed by atoms with Gasteiger partial charge in [-0.1, -0.05) is 22.9 Å². The summed E-state index contributed by atoms with van der Waals surface area (Å²) in [5.74, 6) is 1.32. The van der Waals surface area contributed by atoms with Crippen molar-refractivity contribution < 1.29 is 9.32 Å². The fraction of sp³-hybridized carbons (Fsp3) is 0.190. The van der Waals surface area contributed by atoms with Crippen LogP contribution in [0.15, 0.2) is 53.4 Å². The molecule has 1 N–H and O–H groups in total. The van der Waals surface area contributed by atoms with Crippen molar-refractivity contribution in [3.8, 4) is 23.0 Å². The van der Waals surface area contributed by atoms with Crippen LogP contribution in [0.25, 0.3) is 23.0 Å². The van der Waals surface area contributed by atoms with Crippen LogP contribution < -0.4 is 5.32 Å². The van der Waals surface area contributed by atoms with Crippen LogP contribution in [0.5, 0.6) is 0 Å². The average molecular weight is 388 g/mol. The van der Waals surface area contributed by atoms with Gasteiger partial charge in [0.15, 0.2) is 0 Å². The van der Waals surface area contributed by atoms with Crippen LogP contribution in [0.4, 0.5) is 5.69 Å². The predicted molar refractivity (Wildman–Crippen MR) is 108 cm³/mol. The largest absolute Gasteiger partial charge is 0.334 e. The molecular formula is C21H20N6O2. The summed E-state index contributed by atoms with van der Waals surface area (Å²) in [6.07, 6.45) is 5.07. The van der Waals surface area contributed by atoms with Gasteiger partial charge >= 0.3 is 0 Å². The van der Waals surface area contributed by atoms with Gasteiger partial charge in [0, 0.05) is 29.8 Å². The van der Waals surface area contributed by atoms with Crippen molar-refractivity contribution in [3.63, 3.8) is 0 Å². The number of carbonyl (C=O) groups is 1. The molecule has 3 heterocycles. The van der Waals surface area contributed by atoms with Crippen LogP contribution in [-0.4, -0.2) is 30.6 Å². The van der Waals surface area contributed by atoms with Crippen molar-refractivity contribution in [2.24, 2.45) is 0 Å². The minimum atomic E-state index is -0.130. The van der Waals surface area contributed by atoms with E-state index >= 15 is 0 Å². The Balaban J connectivity index is 1.49. The van der Waals surface area contributed by atoms with Gasteiger partial charge in [0.1, 0.15) is 18.1 Å². The summed E-state index contributed by atoms with van der Waals surface area (Å²) in [5, 5.41) is 6.95. The molecule has 0 fully saturated rings. The number of nitrogens with one attached hydrogen (secondary N) is 1. The molecule has 0 spiro atoms. The number of rotatable bonds is 5. The molecule has 0 saturated heterocycles. The van der Waals surface area contributed by atoms with Gasteiger partial charge < -0.3 is 14.4 Å². The summed E-state index contributed by atoms with van der Waals surface area (Å²) >= 11 is 0. The van der Waals surface area contributed by atoms with E-state index in [0.29, 0.717) is 23.2 Å². The molecule has 0 bridgehead atoms. The lowest BCUT2D eigenvalue weighted by atomic mass is 10.1. The molecule has 8 heteroatoms. The Morgan fingerprint density at radius 3 is 2.66 bits per heavy atom. The number of amides is 1. The number of anilines is 1. The maximum absolute atomic E-state index is 12.5. The van der Waals surface area contributed by atoms with Crippen LogP contribution in [0.2, 0.25) is 0 Å². The molecule has 1 aromatic carbocycles. The van der Waals surface area contributed by atoms with Crippen LogP contribution in [0.3, 0.4) is 0 Å². The van der Waals surface area contributed by atoms with E-state index in [1.54, 1.807) is 35.3 Å². The molecule has 8 nitrogen and oxygen atoms in total. The maximum atomic E-state index is 12.5. The number of hydrogen-bond acceptors (Lipinski definition) is 6. The van der Waals surface area contributed by atoms with Gasteiger partial charge in [-0.25, -0.2) is 4.98 Å². The molecule has 0 radical (unpaired) electrons. The van der Waals surface area contributed by atoms with E-state index in [2.05, 4.69) is 25.4 Å². The van der Waals surface area contributed by atoms with Crippen LogP contribution in [0, 0.1) is 20.8 Å². The molecule has 0 atom stereocenters. The highest BCUT2D eigenvalue weighted by Crippen LogP contribution is 2.21. The molecular weight excluding hydrogens is 368 g/mol. The molecule has 0 aliphatic rings. The first-order chi connectivity index (χ1) is 14.0. The highest BCUT2D eigenvalue weighted by Gasteiger charge is 2.16. The van der Waals surface area contributed by atoms with E-state index in [9.17, 15) is 4.79 Å². The predicted octanol–water partition coefficient (Wildman–Crippen LogP) is 3.56. The summed E-state index contributed by atoms with van der Waals surface area (Å²) in [6, 6.07) is 9.50. The highest BCUT2D eigenvalue weighted by molar-refractivity contribution is 5.91. The van der Waals surface area contributed by atoms with Gasteiger partial charge in [-0.3, -0.25) is 9.78 Å². The van der Waals surface area contributed by atoms with E-state index in [1.807, 2.05) is 39.0 Å². The fourth-order valence-electron chi connectivity index (χ4n) is 3.01. The maximum Gasteiger partial charge on any atom is 0.258 e. The lowest BCUT2D eigenvalue weighted by Crippen LogP contribution is -2.19. The first-order valence-corrected chi connectivity index (χ1v) is 9.15. The molecule has 4 rings (SSSR count). The molecule has 3 aromatic heterocycles. The second-order valence-electron chi connectivity index (χ2n) is 6.83. The summed E-state index contributed by atoms with van der Waals surface area (Å²) < 4.78 is 7.08. The van der Waals surface area contributed by atoms with Crippen molar-refractivity contribution >= 4 is 11.6 Å². The number of aryl methyl sites for hydroxylation is 3. The Morgan fingerprint density at radius 2 is 1.90 bits per heavy atom. The lowest BCUT2D eigenvalue weighted by Gasteiger charge is -2.10. The molecule has 0 unspecified atom stereocenters. The van der Waals surface area contributed by atoms with Gasteiger partial charge in [-0.15, -0.1) is 0 Å². The van der Waals surface area contributed by atoms with Crippen LogP contribution in [-0.2, 0) is 11.3 Å². The smallest absolute Gasteiger partial charge is 0.258 e. The van der Waals surface area contributed by atoms with Gasteiger partial charge in [-0.05, 0) is 44.5 Å². The summed E-state index contributed by atoms with van der Waals surface area (Å²) in [6.45, 7) is 5.96. The monoisotopic (exact) mass is 388 g/mol. The van der Waals surface area contributed by atoms with E-state index in [1.165, 1.54) is 0 Å². The van der Waals surface area contributed by atoms with E-state index in [-0.39, 0.29) is 12.5 Å². The Labute approximate surface area is 167 Å². The Kier molecular flexibility index (Phi) is 4.90.